The fourth-order valence-corrected chi connectivity index (χ4v) is 5.41. The van der Waals surface area contributed by atoms with Crippen LogP contribution in [0.4, 0.5) is 11.4 Å². The molecule has 1 atom stereocenters. The molecule has 0 aliphatic carbocycles. The number of nitrogens with one attached hydrogen (secondary N) is 2. The van der Waals surface area contributed by atoms with Crippen LogP contribution >= 0.6 is 0 Å². The molecule has 1 fully saturated rings. The summed E-state index contributed by atoms with van der Waals surface area (Å²) in [4.78, 5) is 78.3. The number of Topliss-reactive ketones (excluding diaryl/α,β-unsaturated/α-hetero) is 1. The highest BCUT2D eigenvalue weighted by molar-refractivity contribution is 6.15. The van der Waals surface area contributed by atoms with Gasteiger partial charge in [-0.2, -0.15) is 0 Å². The lowest BCUT2D eigenvalue weighted by Gasteiger charge is -2.29. The molecule has 1 saturated heterocycles. The molecule has 1 aliphatic rings. The Bertz CT molecular complexity index is 1980. The maximum Gasteiger partial charge on any atom is 0.328 e. The molecule has 1 aromatic heterocycles. The molecular weight excluding hydrogens is 646 g/mol. The maximum absolute atomic E-state index is 13.6. The van der Waals surface area contributed by atoms with Gasteiger partial charge >= 0.3 is 5.97 Å². The molecule has 1 aliphatic heterocycles. The fourth-order valence-electron chi connectivity index (χ4n) is 5.41. The Morgan fingerprint density at radius 3 is 1.98 bits per heavy atom. The van der Waals surface area contributed by atoms with Gasteiger partial charge < -0.3 is 19.9 Å². The van der Waals surface area contributed by atoms with E-state index in [2.05, 4.69) is 10.3 Å². The Morgan fingerprint density at radius 2 is 1.44 bits per heavy atom. The molecule has 4 aromatic rings. The van der Waals surface area contributed by atoms with Gasteiger partial charge in [-0.1, -0.05) is 18.2 Å². The number of amides is 2. The van der Waals surface area contributed by atoms with E-state index in [0.29, 0.717) is 11.1 Å². The number of piperidine rings is 1. The minimum absolute atomic E-state index is 0.104. The molecule has 0 radical (unpaired) electrons. The highest BCUT2D eigenvalue weighted by atomic mass is 16.6. The molecule has 254 valence electrons. The van der Waals surface area contributed by atoms with Crippen molar-refractivity contribution in [3.05, 3.63) is 139 Å². The number of likely N-dealkylation sites (tertiary alicyclic amines) is 1. The average molecular weight is 678 g/mol. The van der Waals surface area contributed by atoms with E-state index in [9.17, 15) is 39.4 Å². The SMILES string of the molecule is CCOC(=O)[C@H](Cc1c[nH]c2ccccc12)NC(=O)/C=C\C(=O)N1C/C(=C\c2ccc([N+](=O)[O-])cc2)C(=O)/C(=C/c2ccc([N+](=O)[O-])cc2)C1. The van der Waals surface area contributed by atoms with E-state index in [0.717, 1.165) is 28.6 Å². The monoisotopic (exact) mass is 677 g/mol. The van der Waals surface area contributed by atoms with Gasteiger partial charge in [0.2, 0.25) is 11.8 Å². The number of nitro groups is 2. The molecule has 2 amide bonds. The fraction of sp³-hybridized carbons (Fsp3) is 0.167. The number of carbonyl (C=O) groups excluding carboxylic acids is 4. The zero-order valence-electron chi connectivity index (χ0n) is 26.7. The number of aromatic amines is 1. The van der Waals surface area contributed by atoms with E-state index in [1.807, 2.05) is 24.3 Å². The summed E-state index contributed by atoms with van der Waals surface area (Å²) in [6.45, 7) is 1.49. The van der Waals surface area contributed by atoms with Crippen molar-refractivity contribution in [2.75, 3.05) is 19.7 Å². The summed E-state index contributed by atoms with van der Waals surface area (Å²) >= 11 is 0. The minimum Gasteiger partial charge on any atom is -0.464 e. The Hall–Kier alpha value is -6.70. The van der Waals surface area contributed by atoms with Crippen LogP contribution < -0.4 is 5.32 Å². The van der Waals surface area contributed by atoms with Crippen LogP contribution in [0.1, 0.15) is 23.6 Å². The largest absolute Gasteiger partial charge is 0.464 e. The van der Waals surface area contributed by atoms with E-state index in [4.69, 9.17) is 4.74 Å². The van der Waals surface area contributed by atoms with Crippen molar-refractivity contribution in [3.8, 4) is 0 Å². The number of hydrogen-bond donors (Lipinski definition) is 2. The van der Waals surface area contributed by atoms with Crippen molar-refractivity contribution < 1.29 is 33.8 Å². The van der Waals surface area contributed by atoms with Crippen LogP contribution in [0.2, 0.25) is 0 Å². The number of carbonyl (C=O) groups is 4. The lowest BCUT2D eigenvalue weighted by atomic mass is 9.94. The Labute approximate surface area is 285 Å². The molecule has 0 spiro atoms. The topological polar surface area (TPSA) is 195 Å². The number of non-ortho nitro benzene ring substituents is 2. The smallest absolute Gasteiger partial charge is 0.328 e. The second kappa shape index (κ2) is 15.5. The van der Waals surface area contributed by atoms with Gasteiger partial charge in [0, 0.05) is 71.1 Å². The Morgan fingerprint density at radius 1 is 0.880 bits per heavy atom. The minimum atomic E-state index is -1.04. The second-order valence-electron chi connectivity index (χ2n) is 11.3. The van der Waals surface area contributed by atoms with Crippen LogP contribution in [0.15, 0.2) is 102 Å². The maximum atomic E-state index is 13.6. The van der Waals surface area contributed by atoms with Crippen molar-refractivity contribution in [1.82, 2.24) is 15.2 Å². The molecule has 14 heteroatoms. The van der Waals surface area contributed by atoms with Crippen molar-refractivity contribution in [1.29, 1.82) is 0 Å². The van der Waals surface area contributed by atoms with Crippen molar-refractivity contribution in [2.45, 2.75) is 19.4 Å². The van der Waals surface area contributed by atoms with Crippen LogP contribution in [-0.2, 0) is 30.3 Å². The molecular formula is C36H31N5O9. The average Bonchev–Trinajstić information content (AvgIpc) is 3.51. The third kappa shape index (κ3) is 8.41. The first kappa shape index (κ1) is 34.6. The first-order chi connectivity index (χ1) is 24.0. The van der Waals surface area contributed by atoms with Crippen molar-refractivity contribution >= 4 is 58.0 Å². The lowest BCUT2D eigenvalue weighted by Crippen LogP contribution is -2.43. The molecule has 50 heavy (non-hydrogen) atoms. The van der Waals surface area contributed by atoms with Gasteiger partial charge in [-0.15, -0.1) is 0 Å². The molecule has 0 bridgehead atoms. The third-order valence-electron chi connectivity index (χ3n) is 7.87. The van der Waals surface area contributed by atoms with Crippen LogP contribution in [-0.4, -0.2) is 69.0 Å². The molecule has 0 saturated carbocycles. The Balaban J connectivity index is 1.36. The molecule has 14 nitrogen and oxygen atoms in total. The number of ether oxygens (including phenoxy) is 1. The quantitative estimate of drug-likeness (QED) is 0.0978. The Kier molecular flexibility index (Phi) is 10.7. The highest BCUT2D eigenvalue weighted by Gasteiger charge is 2.29. The molecule has 2 heterocycles. The summed E-state index contributed by atoms with van der Waals surface area (Å²) in [5.74, 6) is -2.35. The molecule has 5 rings (SSSR count). The van der Waals surface area contributed by atoms with Crippen LogP contribution in [0, 0.1) is 20.2 Å². The van der Waals surface area contributed by atoms with E-state index in [-0.39, 0.29) is 54.4 Å². The van der Waals surface area contributed by atoms with Gasteiger partial charge in [0.05, 0.1) is 29.5 Å². The predicted molar refractivity (Wildman–Crippen MR) is 183 cm³/mol. The van der Waals surface area contributed by atoms with E-state index in [1.54, 1.807) is 13.1 Å². The molecule has 3 aromatic carbocycles. The molecule has 0 unspecified atom stereocenters. The number of H-pyrrole nitrogens is 1. The first-order valence-electron chi connectivity index (χ1n) is 15.5. The van der Waals surface area contributed by atoms with Crippen molar-refractivity contribution in [2.24, 2.45) is 0 Å². The second-order valence-corrected chi connectivity index (χ2v) is 11.3. The third-order valence-corrected chi connectivity index (χ3v) is 7.87. The van der Waals surface area contributed by atoms with E-state index >= 15 is 0 Å². The zero-order valence-corrected chi connectivity index (χ0v) is 26.7. The number of fused-ring (bicyclic) bond motifs is 1. The summed E-state index contributed by atoms with van der Waals surface area (Å²) in [6.07, 6.45) is 6.95. The van der Waals surface area contributed by atoms with Gasteiger partial charge in [0.25, 0.3) is 11.4 Å². The van der Waals surface area contributed by atoms with E-state index in [1.165, 1.54) is 65.6 Å². The van der Waals surface area contributed by atoms with Crippen LogP contribution in [0.5, 0.6) is 0 Å². The predicted octanol–water partition coefficient (Wildman–Crippen LogP) is 4.71. The first-order valence-corrected chi connectivity index (χ1v) is 15.5. The van der Waals surface area contributed by atoms with Gasteiger partial charge in [-0.05, 0) is 66.1 Å². The van der Waals surface area contributed by atoms with Crippen molar-refractivity contribution in [3.63, 3.8) is 0 Å². The standard InChI is InChI=1S/C36H31N5O9/c1-2-50-36(45)32(19-25-20-37-31-6-4-3-5-30(25)31)38-33(42)15-16-34(43)39-21-26(17-23-7-11-28(12-8-23)40(46)47)35(44)27(22-39)18-24-9-13-29(14-10-24)41(48)49/h3-18,20,32,37H,2,19,21-22H2,1H3,(H,38,42)/b16-15-,26-17+,27-18+/t32-/m0/s1. The number of aromatic nitrogens is 1. The number of rotatable bonds is 11. The number of ketones is 1. The number of esters is 1. The van der Waals surface area contributed by atoms with E-state index < -0.39 is 33.7 Å². The summed E-state index contributed by atoms with van der Waals surface area (Å²) in [6, 6.07) is 17.5. The number of hydrogen-bond acceptors (Lipinski definition) is 9. The van der Waals surface area contributed by atoms with Gasteiger partial charge in [0.15, 0.2) is 5.78 Å². The summed E-state index contributed by atoms with van der Waals surface area (Å²) in [7, 11) is 0. The summed E-state index contributed by atoms with van der Waals surface area (Å²) < 4.78 is 5.18. The summed E-state index contributed by atoms with van der Waals surface area (Å²) in [5.41, 5.74) is 2.76. The van der Waals surface area contributed by atoms with Crippen LogP contribution in [0.3, 0.4) is 0 Å². The zero-order chi connectivity index (χ0) is 35.8. The van der Waals surface area contributed by atoms with Gasteiger partial charge in [0.1, 0.15) is 6.04 Å². The number of nitro benzene ring substituents is 2. The number of nitrogens with zero attached hydrogens (tertiary/aromatic N) is 3. The normalized spacial score (nSPS) is 15.4. The van der Waals surface area contributed by atoms with Gasteiger partial charge in [-0.25, -0.2) is 4.79 Å². The summed E-state index contributed by atoms with van der Waals surface area (Å²) in [5, 5.41) is 25.7. The van der Waals surface area contributed by atoms with Gasteiger partial charge in [-0.3, -0.25) is 34.6 Å². The number of para-hydroxylation sites is 1. The van der Waals surface area contributed by atoms with Crippen LogP contribution in [0.25, 0.3) is 23.1 Å². The molecule has 2 N–H and O–H groups in total. The highest BCUT2D eigenvalue weighted by Crippen LogP contribution is 2.25. The number of benzene rings is 3. The lowest BCUT2D eigenvalue weighted by molar-refractivity contribution is -0.385.